The highest BCUT2D eigenvalue weighted by atomic mass is 35.5. The molecule has 3 aromatic rings. The van der Waals surface area contributed by atoms with E-state index in [4.69, 9.17) is 20.8 Å². The van der Waals surface area contributed by atoms with E-state index in [1.807, 2.05) is 0 Å². The highest BCUT2D eigenvalue weighted by Gasteiger charge is 2.11. The molecule has 2 heterocycles. The molecule has 0 unspecified atom stereocenters. The first kappa shape index (κ1) is 20.5. The second-order valence-corrected chi connectivity index (χ2v) is 6.54. The van der Waals surface area contributed by atoms with Crippen LogP contribution in [0.3, 0.4) is 0 Å². The van der Waals surface area contributed by atoms with Crippen LogP contribution in [0.5, 0.6) is 5.75 Å². The van der Waals surface area contributed by atoms with Gasteiger partial charge in [0.1, 0.15) is 18.1 Å². The molecule has 3 rings (SSSR count). The molecule has 2 aromatic heterocycles. The number of methoxy groups -OCH3 is 1. The minimum Gasteiger partial charge on any atom is -0.486 e. The Hall–Kier alpha value is -3.26. The molecule has 1 N–H and O–H groups in total. The van der Waals surface area contributed by atoms with Gasteiger partial charge in [0.2, 0.25) is 0 Å². The summed E-state index contributed by atoms with van der Waals surface area (Å²) in [5.74, 6) is 0.591. The number of amides is 1. The number of nitrogens with zero attached hydrogens (tertiary/aromatic N) is 2. The van der Waals surface area contributed by atoms with Gasteiger partial charge in [0.05, 0.1) is 23.9 Å². The zero-order chi connectivity index (χ0) is 20.6. The van der Waals surface area contributed by atoms with Crippen LogP contribution < -0.4 is 10.1 Å². The predicted molar refractivity (Wildman–Crippen MR) is 105 cm³/mol. The van der Waals surface area contributed by atoms with Gasteiger partial charge in [-0.1, -0.05) is 11.6 Å². The first-order chi connectivity index (χ1) is 14.0. The average molecular weight is 418 g/mol. The number of aromatic nitrogens is 2. The number of rotatable bonds is 9. The van der Waals surface area contributed by atoms with Crippen molar-refractivity contribution in [3.63, 3.8) is 0 Å². The van der Waals surface area contributed by atoms with Crippen molar-refractivity contribution in [3.05, 3.63) is 70.9 Å². The van der Waals surface area contributed by atoms with Crippen LogP contribution in [-0.4, -0.2) is 35.3 Å². The van der Waals surface area contributed by atoms with Crippen molar-refractivity contribution in [1.82, 2.24) is 15.1 Å². The maximum Gasteiger partial charge on any atom is 0.337 e. The maximum atomic E-state index is 12.1. The third-order valence-corrected chi connectivity index (χ3v) is 4.19. The number of benzene rings is 1. The highest BCUT2D eigenvalue weighted by molar-refractivity contribution is 6.30. The zero-order valence-corrected chi connectivity index (χ0v) is 16.5. The van der Waals surface area contributed by atoms with Crippen molar-refractivity contribution in [3.8, 4) is 5.75 Å². The van der Waals surface area contributed by atoms with Crippen molar-refractivity contribution in [2.45, 2.75) is 19.6 Å². The molecule has 152 valence electrons. The fourth-order valence-electron chi connectivity index (χ4n) is 2.53. The topological polar surface area (TPSA) is 95.6 Å². The molecule has 0 spiro atoms. The normalized spacial score (nSPS) is 10.6. The van der Waals surface area contributed by atoms with Crippen molar-refractivity contribution in [2.75, 3.05) is 13.7 Å². The highest BCUT2D eigenvalue weighted by Crippen LogP contribution is 2.16. The SMILES string of the molecule is COC(=O)c1ccc(OCc2ccc(C(=O)NCCCn3cc(Cl)cn3)o2)cc1. The number of carbonyl (C=O) groups is 2. The van der Waals surface area contributed by atoms with Crippen LogP contribution in [0.4, 0.5) is 0 Å². The summed E-state index contributed by atoms with van der Waals surface area (Å²) in [7, 11) is 1.33. The minimum absolute atomic E-state index is 0.158. The lowest BCUT2D eigenvalue weighted by Crippen LogP contribution is -2.24. The molecule has 8 nitrogen and oxygen atoms in total. The Morgan fingerprint density at radius 2 is 2.00 bits per heavy atom. The van der Waals surface area contributed by atoms with E-state index in [0.29, 0.717) is 41.6 Å². The fourth-order valence-corrected chi connectivity index (χ4v) is 2.68. The molecule has 29 heavy (non-hydrogen) atoms. The third kappa shape index (κ3) is 5.86. The molecule has 0 aliphatic rings. The quantitative estimate of drug-likeness (QED) is 0.424. The van der Waals surface area contributed by atoms with E-state index in [9.17, 15) is 9.59 Å². The molecular formula is C20H20ClN3O5. The Balaban J connectivity index is 1.42. The molecule has 0 aliphatic carbocycles. The van der Waals surface area contributed by atoms with Gasteiger partial charge in [-0.05, 0) is 42.8 Å². The van der Waals surface area contributed by atoms with E-state index in [2.05, 4.69) is 15.2 Å². The Kier molecular flexibility index (Phi) is 6.91. The number of hydrogen-bond acceptors (Lipinski definition) is 6. The Morgan fingerprint density at radius 3 is 2.69 bits per heavy atom. The van der Waals surface area contributed by atoms with Gasteiger partial charge in [0.15, 0.2) is 5.76 Å². The number of esters is 1. The average Bonchev–Trinajstić information content (AvgIpc) is 3.38. The smallest absolute Gasteiger partial charge is 0.337 e. The lowest BCUT2D eigenvalue weighted by molar-refractivity contribution is 0.0600. The Bertz CT molecular complexity index is 965. The van der Waals surface area contributed by atoms with Crippen molar-refractivity contribution < 1.29 is 23.5 Å². The largest absolute Gasteiger partial charge is 0.486 e. The zero-order valence-electron chi connectivity index (χ0n) is 15.8. The molecule has 0 bridgehead atoms. The number of ether oxygens (including phenoxy) is 2. The first-order valence-electron chi connectivity index (χ1n) is 8.91. The first-order valence-corrected chi connectivity index (χ1v) is 9.29. The summed E-state index contributed by atoms with van der Waals surface area (Å²) >= 11 is 5.80. The summed E-state index contributed by atoms with van der Waals surface area (Å²) in [5, 5.41) is 7.45. The van der Waals surface area contributed by atoms with Crippen LogP contribution in [-0.2, 0) is 17.9 Å². The summed E-state index contributed by atoms with van der Waals surface area (Å²) in [4.78, 5) is 23.6. The second kappa shape index (κ2) is 9.79. The van der Waals surface area contributed by atoms with E-state index < -0.39 is 5.97 Å². The molecular weight excluding hydrogens is 398 g/mol. The third-order valence-electron chi connectivity index (χ3n) is 3.99. The Morgan fingerprint density at radius 1 is 1.21 bits per heavy atom. The number of furan rings is 1. The van der Waals surface area contributed by atoms with Crippen LogP contribution in [0, 0.1) is 0 Å². The summed E-state index contributed by atoms with van der Waals surface area (Å²) in [6.45, 7) is 1.29. The second-order valence-electron chi connectivity index (χ2n) is 6.10. The fraction of sp³-hybridized carbons (Fsp3) is 0.250. The minimum atomic E-state index is -0.411. The van der Waals surface area contributed by atoms with Crippen LogP contribution in [0.2, 0.25) is 5.02 Å². The molecule has 0 saturated carbocycles. The van der Waals surface area contributed by atoms with Gasteiger partial charge in [-0.3, -0.25) is 9.48 Å². The number of carbonyl (C=O) groups excluding carboxylic acids is 2. The van der Waals surface area contributed by atoms with Crippen molar-refractivity contribution in [1.29, 1.82) is 0 Å². The number of hydrogen-bond donors (Lipinski definition) is 1. The van der Waals surface area contributed by atoms with Gasteiger partial charge in [-0.15, -0.1) is 0 Å². The van der Waals surface area contributed by atoms with E-state index in [0.717, 1.165) is 0 Å². The van der Waals surface area contributed by atoms with Crippen LogP contribution in [0.25, 0.3) is 0 Å². The van der Waals surface area contributed by atoms with E-state index in [1.54, 1.807) is 53.5 Å². The number of nitrogens with one attached hydrogen (secondary N) is 1. The molecule has 9 heteroatoms. The molecule has 0 atom stereocenters. The lowest BCUT2D eigenvalue weighted by Gasteiger charge is -2.05. The van der Waals surface area contributed by atoms with Gasteiger partial charge >= 0.3 is 5.97 Å². The Labute approximate surface area is 172 Å². The van der Waals surface area contributed by atoms with Gasteiger partial charge < -0.3 is 19.2 Å². The van der Waals surface area contributed by atoms with Gasteiger partial charge in [-0.25, -0.2) is 4.79 Å². The summed E-state index contributed by atoms with van der Waals surface area (Å²) in [6.07, 6.45) is 4.01. The maximum absolute atomic E-state index is 12.1. The van der Waals surface area contributed by atoms with Crippen molar-refractivity contribution >= 4 is 23.5 Å². The summed E-state index contributed by atoms with van der Waals surface area (Å²) < 4.78 is 17.5. The molecule has 0 radical (unpaired) electrons. The number of halogens is 1. The predicted octanol–water partition coefficient (Wildman–Crippen LogP) is 3.32. The lowest BCUT2D eigenvalue weighted by atomic mass is 10.2. The summed E-state index contributed by atoms with van der Waals surface area (Å²) in [6, 6.07) is 9.83. The molecule has 1 amide bonds. The molecule has 0 fully saturated rings. The van der Waals surface area contributed by atoms with E-state index in [1.165, 1.54) is 7.11 Å². The molecule has 0 saturated heterocycles. The van der Waals surface area contributed by atoms with Crippen LogP contribution in [0.1, 0.15) is 33.1 Å². The monoisotopic (exact) mass is 417 g/mol. The van der Waals surface area contributed by atoms with E-state index in [-0.39, 0.29) is 18.3 Å². The van der Waals surface area contributed by atoms with Crippen LogP contribution in [0.15, 0.2) is 53.2 Å². The van der Waals surface area contributed by atoms with E-state index >= 15 is 0 Å². The van der Waals surface area contributed by atoms with Gasteiger partial charge in [0.25, 0.3) is 5.91 Å². The standard InChI is InChI=1S/C20H20ClN3O5/c1-27-20(26)14-3-5-16(6-4-14)28-13-17-7-8-18(29-17)19(25)22-9-2-10-24-12-15(21)11-23-24/h3-8,11-12H,2,9-10,13H2,1H3,(H,22,25). The molecule has 1 aromatic carbocycles. The van der Waals surface area contributed by atoms with Gasteiger partial charge in [0, 0.05) is 19.3 Å². The van der Waals surface area contributed by atoms with Crippen molar-refractivity contribution in [2.24, 2.45) is 0 Å². The number of aryl methyl sites for hydroxylation is 1. The van der Waals surface area contributed by atoms with Crippen LogP contribution >= 0.6 is 11.6 Å². The summed E-state index contributed by atoms with van der Waals surface area (Å²) in [5.41, 5.74) is 0.437. The molecule has 0 aliphatic heterocycles. The van der Waals surface area contributed by atoms with Gasteiger partial charge in [-0.2, -0.15) is 5.10 Å².